The summed E-state index contributed by atoms with van der Waals surface area (Å²) in [7, 11) is 1.83. The van der Waals surface area contributed by atoms with Gasteiger partial charge in [-0.05, 0) is 112 Å². The molecule has 0 saturated heterocycles. The fourth-order valence-corrected chi connectivity index (χ4v) is 8.87. The lowest BCUT2D eigenvalue weighted by molar-refractivity contribution is -0.108. The molecule has 0 bridgehead atoms. The van der Waals surface area contributed by atoms with Crippen LogP contribution in [0.4, 0.5) is 0 Å². The van der Waals surface area contributed by atoms with E-state index in [1.165, 1.54) is 32.1 Å². The number of aldehydes is 1. The molecule has 0 aromatic heterocycles. The predicted octanol–water partition coefficient (Wildman–Crippen LogP) is 5.95. The van der Waals surface area contributed by atoms with Gasteiger partial charge in [0, 0.05) is 20.1 Å². The van der Waals surface area contributed by atoms with Crippen molar-refractivity contribution >= 4 is 6.29 Å². The first-order valence-electron chi connectivity index (χ1n) is 12.6. The first-order valence-corrected chi connectivity index (χ1v) is 12.6. The molecule has 170 valence electrons. The van der Waals surface area contributed by atoms with Crippen LogP contribution < -0.4 is 0 Å². The number of fused-ring (bicyclic) bond motifs is 5. The third kappa shape index (κ3) is 3.62. The summed E-state index contributed by atoms with van der Waals surface area (Å²) in [6.07, 6.45) is 16.1. The number of methoxy groups -OCH3 is 1. The van der Waals surface area contributed by atoms with E-state index in [9.17, 15) is 9.90 Å². The lowest BCUT2D eigenvalue weighted by Crippen LogP contribution is -2.53. The highest BCUT2D eigenvalue weighted by Gasteiger charge is 2.60. The van der Waals surface area contributed by atoms with Crippen LogP contribution in [0.1, 0.15) is 91.4 Å². The van der Waals surface area contributed by atoms with Crippen molar-refractivity contribution in [1.82, 2.24) is 0 Å². The van der Waals surface area contributed by atoms with Gasteiger partial charge < -0.3 is 14.6 Å². The van der Waals surface area contributed by atoms with Crippen molar-refractivity contribution < 1.29 is 14.6 Å². The van der Waals surface area contributed by atoms with Gasteiger partial charge in [-0.1, -0.05) is 25.5 Å². The Kier molecular flexibility index (Phi) is 6.27. The van der Waals surface area contributed by atoms with Crippen molar-refractivity contribution in [2.45, 2.75) is 97.0 Å². The molecular weight excluding hydrogens is 372 g/mol. The molecule has 0 heterocycles. The number of allylic oxidation sites excluding steroid dienone is 1. The second-order valence-corrected chi connectivity index (χ2v) is 11.9. The summed E-state index contributed by atoms with van der Waals surface area (Å²) < 4.78 is 5.59. The van der Waals surface area contributed by atoms with E-state index in [1.807, 2.05) is 14.0 Å². The molecule has 0 amide bonds. The quantitative estimate of drug-likeness (QED) is 0.412. The van der Waals surface area contributed by atoms with E-state index in [-0.39, 0.29) is 5.41 Å². The second kappa shape index (κ2) is 8.35. The van der Waals surface area contributed by atoms with Gasteiger partial charge in [-0.3, -0.25) is 0 Å². The fourth-order valence-electron chi connectivity index (χ4n) is 8.87. The van der Waals surface area contributed by atoms with E-state index in [2.05, 4.69) is 19.9 Å². The Morgan fingerprint density at radius 2 is 2.00 bits per heavy atom. The maximum Gasteiger partial charge on any atom is 0.120 e. The molecule has 4 rings (SSSR count). The van der Waals surface area contributed by atoms with E-state index in [0.29, 0.717) is 11.3 Å². The normalized spacial score (nSPS) is 46.4. The average Bonchev–Trinajstić information content (AvgIpc) is 3.07. The van der Waals surface area contributed by atoms with Crippen LogP contribution in [-0.2, 0) is 9.53 Å². The third-order valence-corrected chi connectivity index (χ3v) is 10.4. The molecule has 0 spiro atoms. The standard InChI is InChI=1S/C27H44O3/c1-19(6-5-16-28)22-9-10-23-21-8-7-20-18-25(2,29)13-14-27(20,15-17-30-4)24(21)11-12-26(22,23)3/h7,16,19,21-24,29H,5-6,8-15,17-18H2,1-4H3/t19-,21+,22-,23+,24+,25+,26-,27-/m1/s1. The van der Waals surface area contributed by atoms with Gasteiger partial charge in [-0.15, -0.1) is 0 Å². The van der Waals surface area contributed by atoms with Crippen molar-refractivity contribution in [3.63, 3.8) is 0 Å². The number of hydrogen-bond donors (Lipinski definition) is 1. The van der Waals surface area contributed by atoms with Gasteiger partial charge in [-0.2, -0.15) is 0 Å². The van der Waals surface area contributed by atoms with Crippen LogP contribution in [-0.4, -0.2) is 30.7 Å². The Balaban J connectivity index is 1.61. The zero-order valence-corrected chi connectivity index (χ0v) is 19.8. The van der Waals surface area contributed by atoms with Gasteiger partial charge in [0.05, 0.1) is 5.60 Å². The number of aliphatic hydroxyl groups is 1. The molecule has 0 unspecified atom stereocenters. The fraction of sp³-hybridized carbons (Fsp3) is 0.889. The Bertz CT molecular complexity index is 667. The molecule has 3 nitrogen and oxygen atoms in total. The molecule has 30 heavy (non-hydrogen) atoms. The first-order chi connectivity index (χ1) is 14.3. The van der Waals surface area contributed by atoms with Gasteiger partial charge in [0.25, 0.3) is 0 Å². The molecule has 3 heteroatoms. The van der Waals surface area contributed by atoms with Gasteiger partial charge in [0.15, 0.2) is 0 Å². The molecule has 0 aromatic carbocycles. The minimum Gasteiger partial charge on any atom is -0.390 e. The van der Waals surface area contributed by atoms with Crippen LogP contribution >= 0.6 is 0 Å². The van der Waals surface area contributed by atoms with Crippen LogP contribution in [0.15, 0.2) is 11.6 Å². The van der Waals surface area contributed by atoms with Crippen LogP contribution in [0, 0.1) is 40.4 Å². The molecule has 8 atom stereocenters. The largest absolute Gasteiger partial charge is 0.390 e. The Morgan fingerprint density at radius 3 is 2.73 bits per heavy atom. The molecule has 4 aliphatic carbocycles. The van der Waals surface area contributed by atoms with Crippen LogP contribution in [0.5, 0.6) is 0 Å². The van der Waals surface area contributed by atoms with Crippen molar-refractivity contribution in [2.24, 2.45) is 40.4 Å². The number of rotatable bonds is 7. The maximum atomic E-state index is 10.9. The highest BCUT2D eigenvalue weighted by atomic mass is 16.5. The van der Waals surface area contributed by atoms with Crippen molar-refractivity contribution in [3.05, 3.63) is 11.6 Å². The van der Waals surface area contributed by atoms with Gasteiger partial charge in [0.2, 0.25) is 0 Å². The van der Waals surface area contributed by atoms with E-state index in [1.54, 1.807) is 5.57 Å². The topological polar surface area (TPSA) is 46.5 Å². The highest BCUT2D eigenvalue weighted by molar-refractivity contribution is 5.49. The molecule has 3 fully saturated rings. The van der Waals surface area contributed by atoms with Gasteiger partial charge in [0.1, 0.15) is 6.29 Å². The van der Waals surface area contributed by atoms with Crippen LogP contribution in [0.3, 0.4) is 0 Å². The molecule has 3 saturated carbocycles. The summed E-state index contributed by atoms with van der Waals surface area (Å²) in [6.45, 7) is 7.85. The summed E-state index contributed by atoms with van der Waals surface area (Å²) in [5, 5.41) is 10.8. The second-order valence-electron chi connectivity index (χ2n) is 11.9. The summed E-state index contributed by atoms with van der Waals surface area (Å²) in [5.74, 6) is 3.79. The Labute approximate surface area is 184 Å². The zero-order chi connectivity index (χ0) is 21.6. The molecule has 0 radical (unpaired) electrons. The first kappa shape index (κ1) is 22.5. The van der Waals surface area contributed by atoms with E-state index < -0.39 is 5.60 Å². The highest BCUT2D eigenvalue weighted by Crippen LogP contribution is 2.68. The van der Waals surface area contributed by atoms with Gasteiger partial charge in [-0.25, -0.2) is 0 Å². The van der Waals surface area contributed by atoms with Crippen LogP contribution in [0.25, 0.3) is 0 Å². The molecule has 1 N–H and O–H groups in total. The Hall–Kier alpha value is -0.670. The van der Waals surface area contributed by atoms with E-state index in [4.69, 9.17) is 4.74 Å². The molecule has 0 aromatic rings. The van der Waals surface area contributed by atoms with Crippen molar-refractivity contribution in [3.8, 4) is 0 Å². The average molecular weight is 417 g/mol. The lowest BCUT2D eigenvalue weighted by atomic mass is 9.45. The zero-order valence-electron chi connectivity index (χ0n) is 19.8. The van der Waals surface area contributed by atoms with Crippen LogP contribution in [0.2, 0.25) is 0 Å². The van der Waals surface area contributed by atoms with E-state index in [0.717, 1.165) is 75.1 Å². The minimum absolute atomic E-state index is 0.254. The summed E-state index contributed by atoms with van der Waals surface area (Å²) >= 11 is 0. The number of hydrogen-bond acceptors (Lipinski definition) is 3. The molecular formula is C27H44O3. The molecule has 0 aliphatic heterocycles. The number of carbonyl (C=O) groups is 1. The Morgan fingerprint density at radius 1 is 1.20 bits per heavy atom. The molecule has 4 aliphatic rings. The predicted molar refractivity (Wildman–Crippen MR) is 121 cm³/mol. The summed E-state index contributed by atoms with van der Waals surface area (Å²) in [6, 6.07) is 0. The number of carbonyl (C=O) groups excluding carboxylic acids is 1. The minimum atomic E-state index is -0.537. The van der Waals surface area contributed by atoms with Crippen molar-refractivity contribution in [1.29, 1.82) is 0 Å². The number of ether oxygens (including phenoxy) is 1. The monoisotopic (exact) mass is 416 g/mol. The SMILES string of the molecule is COCC[C@]12CC[C@](C)(O)CC1=CC[C@@H]1[C@@H]2CC[C@]2(C)[C@@H]([C@H](C)CCC=O)CC[C@@H]12. The van der Waals surface area contributed by atoms with E-state index >= 15 is 0 Å². The smallest absolute Gasteiger partial charge is 0.120 e. The maximum absolute atomic E-state index is 10.9. The third-order valence-electron chi connectivity index (χ3n) is 10.4. The van der Waals surface area contributed by atoms with Gasteiger partial charge >= 0.3 is 0 Å². The summed E-state index contributed by atoms with van der Waals surface area (Å²) in [4.78, 5) is 10.9. The lowest BCUT2D eigenvalue weighted by Gasteiger charge is -2.60. The van der Waals surface area contributed by atoms with Crippen molar-refractivity contribution in [2.75, 3.05) is 13.7 Å². The summed E-state index contributed by atoms with van der Waals surface area (Å²) in [5.41, 5.74) is 1.71.